The SMILES string of the molecule is Cn1c(-c2cccc(Cl)c2)nnc1N1CCS(=O)CC1. The predicted molar refractivity (Wildman–Crippen MR) is 81.5 cm³/mol. The smallest absolute Gasteiger partial charge is 0.227 e. The van der Waals surface area contributed by atoms with Crippen LogP contribution in [0.2, 0.25) is 5.02 Å². The fourth-order valence-electron chi connectivity index (χ4n) is 2.31. The van der Waals surface area contributed by atoms with Gasteiger partial charge >= 0.3 is 0 Å². The molecule has 0 N–H and O–H groups in total. The van der Waals surface area contributed by atoms with Crippen LogP contribution in [0.5, 0.6) is 0 Å². The van der Waals surface area contributed by atoms with Crippen LogP contribution in [0.3, 0.4) is 0 Å². The molecule has 1 aliphatic heterocycles. The van der Waals surface area contributed by atoms with Gasteiger partial charge < -0.3 is 4.90 Å². The number of benzene rings is 1. The number of nitrogens with zero attached hydrogens (tertiary/aromatic N) is 4. The molecule has 1 fully saturated rings. The summed E-state index contributed by atoms with van der Waals surface area (Å²) in [4.78, 5) is 2.13. The molecule has 3 rings (SSSR count). The van der Waals surface area contributed by atoms with Crippen molar-refractivity contribution < 1.29 is 4.21 Å². The maximum atomic E-state index is 11.4. The van der Waals surface area contributed by atoms with Crippen molar-refractivity contribution >= 4 is 28.3 Å². The molecule has 1 aliphatic rings. The summed E-state index contributed by atoms with van der Waals surface area (Å²) in [6, 6.07) is 7.57. The highest BCUT2D eigenvalue weighted by Gasteiger charge is 2.21. The molecule has 2 aromatic rings. The number of hydrogen-bond donors (Lipinski definition) is 0. The fourth-order valence-corrected chi connectivity index (χ4v) is 3.56. The molecule has 0 amide bonds. The van der Waals surface area contributed by atoms with E-state index in [2.05, 4.69) is 15.1 Å². The van der Waals surface area contributed by atoms with E-state index < -0.39 is 10.8 Å². The Bertz CT molecular complexity index is 648. The molecule has 0 spiro atoms. The van der Waals surface area contributed by atoms with E-state index in [1.54, 1.807) is 0 Å². The molecule has 1 aromatic heterocycles. The van der Waals surface area contributed by atoms with Crippen molar-refractivity contribution in [3.63, 3.8) is 0 Å². The second kappa shape index (κ2) is 5.54. The summed E-state index contributed by atoms with van der Waals surface area (Å²) in [5, 5.41) is 9.21. The predicted octanol–water partition coefficient (Wildman–Crippen LogP) is 1.70. The number of halogens is 1. The molecule has 20 heavy (non-hydrogen) atoms. The third-order valence-corrected chi connectivity index (χ3v) is 4.91. The van der Waals surface area contributed by atoms with Gasteiger partial charge in [-0.15, -0.1) is 10.2 Å². The minimum Gasteiger partial charge on any atom is -0.339 e. The van der Waals surface area contributed by atoms with Gasteiger partial charge in [0.1, 0.15) is 0 Å². The van der Waals surface area contributed by atoms with Crippen molar-refractivity contribution in [1.82, 2.24) is 14.8 Å². The average Bonchev–Trinajstić information content (AvgIpc) is 2.82. The Morgan fingerprint density at radius 3 is 2.70 bits per heavy atom. The third-order valence-electron chi connectivity index (χ3n) is 3.40. The van der Waals surface area contributed by atoms with E-state index in [4.69, 9.17) is 11.6 Å². The van der Waals surface area contributed by atoms with Crippen LogP contribution in [-0.2, 0) is 17.8 Å². The molecule has 1 saturated heterocycles. The van der Waals surface area contributed by atoms with Crippen LogP contribution < -0.4 is 4.90 Å². The Balaban J connectivity index is 1.91. The molecule has 0 unspecified atom stereocenters. The molecule has 1 aromatic carbocycles. The maximum absolute atomic E-state index is 11.4. The standard InChI is InChI=1S/C13H15ClN4OS/c1-17-12(10-3-2-4-11(14)9-10)15-16-13(17)18-5-7-20(19)8-6-18/h2-4,9H,5-8H2,1H3. The van der Waals surface area contributed by atoms with Gasteiger partial charge in [-0.05, 0) is 12.1 Å². The normalized spacial score (nSPS) is 16.6. The summed E-state index contributed by atoms with van der Waals surface area (Å²) in [6.07, 6.45) is 0. The largest absolute Gasteiger partial charge is 0.339 e. The van der Waals surface area contributed by atoms with Gasteiger partial charge in [0.05, 0.1) is 0 Å². The minimum absolute atomic E-state index is 0.681. The topological polar surface area (TPSA) is 51.0 Å². The molecule has 0 saturated carbocycles. The van der Waals surface area contributed by atoms with Crippen LogP contribution in [0.4, 0.5) is 5.95 Å². The Labute approximate surface area is 125 Å². The molecular weight excluding hydrogens is 296 g/mol. The lowest BCUT2D eigenvalue weighted by atomic mass is 10.2. The van der Waals surface area contributed by atoms with Gasteiger partial charge in [-0.25, -0.2) is 0 Å². The van der Waals surface area contributed by atoms with Crippen LogP contribution in [-0.4, -0.2) is 43.6 Å². The second-order valence-corrected chi connectivity index (χ2v) is 6.86. The van der Waals surface area contributed by atoms with Crippen molar-refractivity contribution in [2.24, 2.45) is 7.05 Å². The molecule has 7 heteroatoms. The molecule has 0 bridgehead atoms. The van der Waals surface area contributed by atoms with Gasteiger partial charge in [-0.2, -0.15) is 0 Å². The van der Waals surface area contributed by atoms with Crippen molar-refractivity contribution in [2.75, 3.05) is 29.5 Å². The van der Waals surface area contributed by atoms with Crippen LogP contribution in [0.1, 0.15) is 0 Å². The monoisotopic (exact) mass is 310 g/mol. The summed E-state index contributed by atoms with van der Waals surface area (Å²) < 4.78 is 13.4. The summed E-state index contributed by atoms with van der Waals surface area (Å²) in [5.41, 5.74) is 0.944. The molecule has 2 heterocycles. The first-order chi connectivity index (χ1) is 9.65. The van der Waals surface area contributed by atoms with Crippen LogP contribution in [0, 0.1) is 0 Å². The summed E-state index contributed by atoms with van der Waals surface area (Å²) >= 11 is 6.02. The van der Waals surface area contributed by atoms with Crippen LogP contribution in [0.15, 0.2) is 24.3 Å². The van der Waals surface area contributed by atoms with Gasteiger partial charge in [-0.1, -0.05) is 23.7 Å². The number of aromatic nitrogens is 3. The van der Waals surface area contributed by atoms with E-state index in [0.717, 1.165) is 30.4 Å². The molecule has 5 nitrogen and oxygen atoms in total. The van der Waals surface area contributed by atoms with E-state index in [-0.39, 0.29) is 0 Å². The maximum Gasteiger partial charge on any atom is 0.227 e. The van der Waals surface area contributed by atoms with Gasteiger partial charge in [0.15, 0.2) is 5.82 Å². The molecule has 0 aliphatic carbocycles. The Morgan fingerprint density at radius 2 is 2.00 bits per heavy atom. The zero-order chi connectivity index (χ0) is 14.1. The van der Waals surface area contributed by atoms with Crippen LogP contribution >= 0.6 is 11.6 Å². The Morgan fingerprint density at radius 1 is 1.25 bits per heavy atom. The fraction of sp³-hybridized carbons (Fsp3) is 0.385. The lowest BCUT2D eigenvalue weighted by Crippen LogP contribution is -2.39. The molecule has 0 atom stereocenters. The Hall–Kier alpha value is -1.40. The number of hydrogen-bond acceptors (Lipinski definition) is 4. The summed E-state index contributed by atoms with van der Waals surface area (Å²) in [5.74, 6) is 2.99. The minimum atomic E-state index is -0.690. The van der Waals surface area contributed by atoms with Crippen molar-refractivity contribution in [1.29, 1.82) is 0 Å². The summed E-state index contributed by atoms with van der Waals surface area (Å²) in [6.45, 7) is 1.52. The number of rotatable bonds is 2. The highest BCUT2D eigenvalue weighted by atomic mass is 35.5. The Kier molecular flexibility index (Phi) is 3.76. The van der Waals surface area contributed by atoms with Gasteiger partial charge in [0.25, 0.3) is 0 Å². The van der Waals surface area contributed by atoms with Gasteiger partial charge in [0, 0.05) is 53.0 Å². The first kappa shape index (κ1) is 13.6. The van der Waals surface area contributed by atoms with E-state index >= 15 is 0 Å². The van der Waals surface area contributed by atoms with Crippen molar-refractivity contribution in [3.8, 4) is 11.4 Å². The number of anilines is 1. The summed E-state index contributed by atoms with van der Waals surface area (Å²) in [7, 11) is 1.25. The van der Waals surface area contributed by atoms with Crippen LogP contribution in [0.25, 0.3) is 11.4 Å². The van der Waals surface area contributed by atoms with E-state index in [1.165, 1.54) is 0 Å². The third kappa shape index (κ3) is 2.58. The highest BCUT2D eigenvalue weighted by molar-refractivity contribution is 7.85. The lowest BCUT2D eigenvalue weighted by molar-refractivity contribution is 0.669. The quantitative estimate of drug-likeness (QED) is 0.847. The first-order valence-corrected chi connectivity index (χ1v) is 8.27. The highest BCUT2D eigenvalue weighted by Crippen LogP contribution is 2.24. The van der Waals surface area contributed by atoms with Gasteiger partial charge in [-0.3, -0.25) is 8.78 Å². The lowest BCUT2D eigenvalue weighted by Gasteiger charge is -2.26. The van der Waals surface area contributed by atoms with Crippen molar-refractivity contribution in [3.05, 3.63) is 29.3 Å². The zero-order valence-corrected chi connectivity index (χ0v) is 12.7. The molecular formula is C13H15ClN4OS. The van der Waals surface area contributed by atoms with E-state index in [1.807, 2.05) is 35.9 Å². The second-order valence-electron chi connectivity index (χ2n) is 4.73. The van der Waals surface area contributed by atoms with Crippen molar-refractivity contribution in [2.45, 2.75) is 0 Å². The van der Waals surface area contributed by atoms with E-state index in [9.17, 15) is 4.21 Å². The average molecular weight is 311 g/mol. The molecule has 0 radical (unpaired) electrons. The molecule has 106 valence electrons. The van der Waals surface area contributed by atoms with Gasteiger partial charge in [0.2, 0.25) is 5.95 Å². The van der Waals surface area contributed by atoms with E-state index in [0.29, 0.717) is 16.5 Å². The zero-order valence-electron chi connectivity index (χ0n) is 11.1. The first-order valence-electron chi connectivity index (χ1n) is 6.40.